The summed E-state index contributed by atoms with van der Waals surface area (Å²) in [4.78, 5) is 28.7. The fourth-order valence-electron chi connectivity index (χ4n) is 4.55. The van der Waals surface area contributed by atoms with Crippen LogP contribution in [0.4, 0.5) is 11.4 Å². The monoisotopic (exact) mass is 470 g/mol. The Morgan fingerprint density at radius 3 is 2.43 bits per heavy atom. The van der Waals surface area contributed by atoms with Gasteiger partial charge in [0.15, 0.2) is 0 Å². The minimum absolute atomic E-state index is 0.0522. The van der Waals surface area contributed by atoms with Gasteiger partial charge in [0, 0.05) is 57.2 Å². The maximum atomic E-state index is 13.7. The number of nitro benzene ring substituents is 1. The molecular weight excluding hydrogens is 444 g/mol. The van der Waals surface area contributed by atoms with Crippen LogP contribution in [0.3, 0.4) is 0 Å². The van der Waals surface area contributed by atoms with Gasteiger partial charge in [0.2, 0.25) is 0 Å². The molecule has 2 aromatic heterocycles. The Kier molecular flexibility index (Phi) is 5.82. The molecule has 1 aliphatic heterocycles. The molecular formula is C26H26N6O3. The van der Waals surface area contributed by atoms with Crippen LogP contribution in [0.2, 0.25) is 0 Å². The van der Waals surface area contributed by atoms with Crippen molar-refractivity contribution >= 4 is 17.3 Å². The van der Waals surface area contributed by atoms with Crippen LogP contribution < -0.4 is 4.90 Å². The molecule has 1 fully saturated rings. The second-order valence-electron chi connectivity index (χ2n) is 8.67. The van der Waals surface area contributed by atoms with Gasteiger partial charge in [0.25, 0.3) is 11.6 Å². The number of nitrogens with zero attached hydrogens (tertiary/aromatic N) is 6. The zero-order chi connectivity index (χ0) is 24.5. The second kappa shape index (κ2) is 9.09. The number of hydrogen-bond acceptors (Lipinski definition) is 5. The number of amides is 1. The average molecular weight is 471 g/mol. The van der Waals surface area contributed by atoms with Crippen molar-refractivity contribution < 1.29 is 9.72 Å². The fraction of sp³-hybridized carbons (Fsp3) is 0.231. The number of non-ortho nitro benzene ring substituents is 1. The first-order valence-corrected chi connectivity index (χ1v) is 11.5. The summed E-state index contributed by atoms with van der Waals surface area (Å²) in [5.41, 5.74) is 4.69. The van der Waals surface area contributed by atoms with E-state index in [0.29, 0.717) is 30.2 Å². The third-order valence-corrected chi connectivity index (χ3v) is 6.44. The summed E-state index contributed by atoms with van der Waals surface area (Å²) >= 11 is 0. The van der Waals surface area contributed by atoms with E-state index in [1.54, 1.807) is 18.2 Å². The Morgan fingerprint density at radius 1 is 0.971 bits per heavy atom. The molecule has 0 atom stereocenters. The quantitative estimate of drug-likeness (QED) is 0.324. The van der Waals surface area contributed by atoms with Crippen LogP contribution in [-0.4, -0.2) is 56.3 Å². The highest BCUT2D eigenvalue weighted by molar-refractivity contribution is 5.94. The van der Waals surface area contributed by atoms with Gasteiger partial charge < -0.3 is 14.4 Å². The smallest absolute Gasteiger partial charge is 0.272 e. The lowest BCUT2D eigenvalue weighted by atomic mass is 10.1. The van der Waals surface area contributed by atoms with Gasteiger partial charge >= 0.3 is 0 Å². The first-order valence-electron chi connectivity index (χ1n) is 11.5. The SMILES string of the molecule is Cc1ccccc1N1CCN(C(=O)c2cc(-c3cccn3C)nn2-c2cccc([N+](=O)[O-])c2)CC1. The molecule has 178 valence electrons. The average Bonchev–Trinajstić information content (AvgIpc) is 3.50. The van der Waals surface area contributed by atoms with Crippen molar-refractivity contribution in [3.05, 3.63) is 94.3 Å². The molecule has 0 N–H and O–H groups in total. The molecule has 0 spiro atoms. The van der Waals surface area contributed by atoms with Crippen LogP contribution in [0.1, 0.15) is 16.1 Å². The zero-order valence-corrected chi connectivity index (χ0v) is 19.7. The minimum atomic E-state index is -0.447. The Morgan fingerprint density at radius 2 is 1.74 bits per heavy atom. The van der Waals surface area contributed by atoms with Crippen LogP contribution in [0.25, 0.3) is 17.1 Å². The molecule has 5 rings (SSSR count). The number of benzene rings is 2. The molecule has 0 unspecified atom stereocenters. The number of para-hydroxylation sites is 1. The van der Waals surface area contributed by atoms with E-state index in [4.69, 9.17) is 0 Å². The third-order valence-electron chi connectivity index (χ3n) is 6.44. The zero-order valence-electron chi connectivity index (χ0n) is 19.7. The van der Waals surface area contributed by atoms with Crippen molar-refractivity contribution in [2.24, 2.45) is 7.05 Å². The summed E-state index contributed by atoms with van der Waals surface area (Å²) < 4.78 is 3.45. The van der Waals surface area contributed by atoms with E-state index in [-0.39, 0.29) is 11.6 Å². The van der Waals surface area contributed by atoms with Gasteiger partial charge in [-0.1, -0.05) is 24.3 Å². The lowest BCUT2D eigenvalue weighted by Crippen LogP contribution is -2.49. The summed E-state index contributed by atoms with van der Waals surface area (Å²) in [6.07, 6.45) is 1.91. The molecule has 0 saturated carbocycles. The van der Waals surface area contributed by atoms with Crippen molar-refractivity contribution in [3.63, 3.8) is 0 Å². The Balaban J connectivity index is 1.47. The maximum absolute atomic E-state index is 13.7. The van der Waals surface area contributed by atoms with E-state index in [2.05, 4.69) is 29.1 Å². The number of hydrogen-bond donors (Lipinski definition) is 0. The number of piperazine rings is 1. The maximum Gasteiger partial charge on any atom is 0.272 e. The summed E-state index contributed by atoms with van der Waals surface area (Å²) in [5.74, 6) is -0.145. The summed E-state index contributed by atoms with van der Waals surface area (Å²) in [6.45, 7) is 4.70. The number of carbonyl (C=O) groups excluding carboxylic acids is 1. The standard InChI is InChI=1S/C26H26N6O3/c1-19-7-3-4-10-23(19)29-13-15-30(16-14-29)26(33)25-18-22(24-11-6-12-28(24)2)27-31(25)20-8-5-9-21(17-20)32(34)35/h3-12,17-18H,13-16H2,1-2H3. The topological polar surface area (TPSA) is 89.4 Å². The number of aryl methyl sites for hydroxylation is 2. The number of rotatable bonds is 5. The van der Waals surface area contributed by atoms with Gasteiger partial charge in [-0.05, 0) is 42.8 Å². The Hall–Kier alpha value is -4.40. The van der Waals surface area contributed by atoms with Gasteiger partial charge in [-0.2, -0.15) is 5.10 Å². The highest BCUT2D eigenvalue weighted by Crippen LogP contribution is 2.26. The van der Waals surface area contributed by atoms with Gasteiger partial charge in [0.05, 0.1) is 16.3 Å². The second-order valence-corrected chi connectivity index (χ2v) is 8.67. The molecule has 9 heteroatoms. The molecule has 1 saturated heterocycles. The van der Waals surface area contributed by atoms with E-state index in [1.807, 2.05) is 47.0 Å². The van der Waals surface area contributed by atoms with Gasteiger partial charge in [-0.3, -0.25) is 14.9 Å². The van der Waals surface area contributed by atoms with E-state index < -0.39 is 4.92 Å². The van der Waals surface area contributed by atoms with E-state index in [0.717, 1.165) is 18.8 Å². The van der Waals surface area contributed by atoms with Gasteiger partial charge in [-0.15, -0.1) is 0 Å². The minimum Gasteiger partial charge on any atom is -0.368 e. The first kappa shape index (κ1) is 22.4. The van der Waals surface area contributed by atoms with Crippen LogP contribution in [-0.2, 0) is 7.05 Å². The van der Waals surface area contributed by atoms with Crippen LogP contribution in [0.5, 0.6) is 0 Å². The predicted octanol–water partition coefficient (Wildman–Crippen LogP) is 4.06. The third kappa shape index (κ3) is 4.28. The van der Waals surface area contributed by atoms with Gasteiger partial charge in [-0.25, -0.2) is 4.68 Å². The van der Waals surface area contributed by atoms with Crippen molar-refractivity contribution in [2.75, 3.05) is 31.1 Å². The van der Waals surface area contributed by atoms with Gasteiger partial charge in [0.1, 0.15) is 11.4 Å². The Labute approximate surface area is 203 Å². The predicted molar refractivity (Wildman–Crippen MR) is 134 cm³/mol. The van der Waals surface area contributed by atoms with Crippen LogP contribution >= 0.6 is 0 Å². The molecule has 2 aromatic carbocycles. The molecule has 9 nitrogen and oxygen atoms in total. The largest absolute Gasteiger partial charge is 0.368 e. The molecule has 0 radical (unpaired) electrons. The molecule has 3 heterocycles. The molecule has 4 aromatic rings. The van der Waals surface area contributed by atoms with E-state index in [9.17, 15) is 14.9 Å². The summed E-state index contributed by atoms with van der Waals surface area (Å²) in [7, 11) is 1.91. The van der Waals surface area contributed by atoms with E-state index in [1.165, 1.54) is 28.1 Å². The van der Waals surface area contributed by atoms with Crippen LogP contribution in [0, 0.1) is 17.0 Å². The summed E-state index contributed by atoms with van der Waals surface area (Å²) in [6, 6.07) is 20.1. The number of aromatic nitrogens is 3. The van der Waals surface area contributed by atoms with Crippen LogP contribution in [0.15, 0.2) is 72.9 Å². The molecule has 0 bridgehead atoms. The van der Waals surface area contributed by atoms with Crippen molar-refractivity contribution in [1.82, 2.24) is 19.2 Å². The number of carbonyl (C=O) groups is 1. The Bertz CT molecular complexity index is 1400. The van der Waals surface area contributed by atoms with Crippen molar-refractivity contribution in [2.45, 2.75) is 6.92 Å². The first-order chi connectivity index (χ1) is 16.9. The molecule has 1 amide bonds. The fourth-order valence-corrected chi connectivity index (χ4v) is 4.55. The van der Waals surface area contributed by atoms with Crippen molar-refractivity contribution in [3.8, 4) is 17.1 Å². The normalized spacial score (nSPS) is 13.8. The van der Waals surface area contributed by atoms with Crippen molar-refractivity contribution in [1.29, 1.82) is 0 Å². The number of anilines is 1. The number of nitro groups is 1. The molecule has 1 aliphatic rings. The summed E-state index contributed by atoms with van der Waals surface area (Å²) in [5, 5.41) is 16.0. The highest BCUT2D eigenvalue weighted by Gasteiger charge is 2.27. The molecule has 35 heavy (non-hydrogen) atoms. The molecule has 0 aliphatic carbocycles. The van der Waals surface area contributed by atoms with E-state index >= 15 is 0 Å². The lowest BCUT2D eigenvalue weighted by molar-refractivity contribution is -0.384. The highest BCUT2D eigenvalue weighted by atomic mass is 16.6. The lowest BCUT2D eigenvalue weighted by Gasteiger charge is -2.36.